The first kappa shape index (κ1) is 21.8. The van der Waals surface area contributed by atoms with E-state index < -0.39 is 0 Å². The van der Waals surface area contributed by atoms with Crippen molar-refractivity contribution in [2.75, 3.05) is 45.9 Å². The van der Waals surface area contributed by atoms with Crippen LogP contribution in [0.2, 0.25) is 0 Å². The topological polar surface area (TPSA) is 53.1 Å². The highest BCUT2D eigenvalue weighted by Crippen LogP contribution is 2.32. The van der Waals surface area contributed by atoms with Crippen molar-refractivity contribution in [1.29, 1.82) is 0 Å². The van der Waals surface area contributed by atoms with Crippen molar-refractivity contribution in [3.05, 3.63) is 59.2 Å². The lowest BCUT2D eigenvalue weighted by Gasteiger charge is -2.37. The van der Waals surface area contributed by atoms with Gasteiger partial charge in [0.15, 0.2) is 0 Å². The highest BCUT2D eigenvalue weighted by Gasteiger charge is 2.37. The number of fused-ring (bicyclic) bond motifs is 1. The van der Waals surface area contributed by atoms with Gasteiger partial charge in [0.2, 0.25) is 0 Å². The summed E-state index contributed by atoms with van der Waals surface area (Å²) in [6, 6.07) is 15.2. The largest absolute Gasteiger partial charge is 0.378 e. The molecule has 1 saturated carbocycles. The maximum absolute atomic E-state index is 13.3. The first-order chi connectivity index (χ1) is 16.7. The van der Waals surface area contributed by atoms with Crippen molar-refractivity contribution in [2.45, 2.75) is 44.2 Å². The molecule has 4 aliphatic rings. The van der Waals surface area contributed by atoms with Gasteiger partial charge < -0.3 is 14.5 Å². The summed E-state index contributed by atoms with van der Waals surface area (Å²) in [6.45, 7) is 5.49. The number of hydrogen-bond acceptors (Lipinski definition) is 4. The summed E-state index contributed by atoms with van der Waals surface area (Å²) in [5, 5.41) is 0. The molecule has 3 aliphatic heterocycles. The monoisotopic (exact) mass is 459 g/mol. The summed E-state index contributed by atoms with van der Waals surface area (Å²) in [5.74, 6) is 0.258. The Hall–Kier alpha value is -2.70. The van der Waals surface area contributed by atoms with Gasteiger partial charge in [0.25, 0.3) is 11.8 Å². The molecule has 0 aromatic heterocycles. The Labute approximate surface area is 201 Å². The van der Waals surface area contributed by atoms with Crippen LogP contribution in [0.5, 0.6) is 0 Å². The van der Waals surface area contributed by atoms with Crippen LogP contribution in [0.3, 0.4) is 0 Å². The van der Waals surface area contributed by atoms with Gasteiger partial charge in [-0.15, -0.1) is 0 Å². The zero-order chi connectivity index (χ0) is 23.1. The van der Waals surface area contributed by atoms with Crippen LogP contribution in [-0.2, 0) is 11.2 Å². The third-order valence-electron chi connectivity index (χ3n) is 8.21. The minimum Gasteiger partial charge on any atom is -0.378 e. The van der Waals surface area contributed by atoms with Crippen LogP contribution in [0, 0.1) is 0 Å². The van der Waals surface area contributed by atoms with Gasteiger partial charge in [-0.25, -0.2) is 0 Å². The van der Waals surface area contributed by atoms with Crippen LogP contribution in [0.1, 0.15) is 52.0 Å². The molecule has 3 heterocycles. The smallest absolute Gasteiger partial charge is 0.254 e. The van der Waals surface area contributed by atoms with E-state index in [0.717, 1.165) is 60.8 Å². The van der Waals surface area contributed by atoms with Gasteiger partial charge in [-0.05, 0) is 60.6 Å². The number of rotatable bonds is 4. The number of nitrogens with zero attached hydrogens (tertiary/aromatic N) is 3. The summed E-state index contributed by atoms with van der Waals surface area (Å²) in [5.41, 5.74) is 4.88. The highest BCUT2D eigenvalue weighted by atomic mass is 16.5. The molecule has 178 valence electrons. The van der Waals surface area contributed by atoms with Gasteiger partial charge in [-0.1, -0.05) is 30.7 Å². The maximum atomic E-state index is 13.3. The Morgan fingerprint density at radius 1 is 0.853 bits per heavy atom. The average Bonchev–Trinajstić information content (AvgIpc) is 3.32. The standard InChI is InChI=1S/C28H33N3O3/c32-27(29-14-16-34-17-15-29)21-6-4-20(5-7-21)22-8-9-26-23(18-22)10-13-31(28(26)33)25-11-12-30(19-25)24-2-1-3-24/h4-9,18,24-25H,1-3,10-17,19H2. The second-order valence-electron chi connectivity index (χ2n) is 10.1. The van der Waals surface area contributed by atoms with E-state index in [2.05, 4.69) is 15.9 Å². The Morgan fingerprint density at radius 3 is 2.35 bits per heavy atom. The van der Waals surface area contributed by atoms with Gasteiger partial charge >= 0.3 is 0 Å². The molecule has 0 radical (unpaired) electrons. The fraction of sp³-hybridized carbons (Fsp3) is 0.500. The van der Waals surface area contributed by atoms with Crippen molar-refractivity contribution >= 4 is 11.8 Å². The van der Waals surface area contributed by atoms with Gasteiger partial charge in [0.1, 0.15) is 0 Å². The Kier molecular flexibility index (Phi) is 5.87. The zero-order valence-corrected chi connectivity index (χ0v) is 19.7. The van der Waals surface area contributed by atoms with Crippen LogP contribution >= 0.6 is 0 Å². The molecule has 6 rings (SSSR count). The molecule has 0 spiro atoms. The predicted octanol–water partition coefficient (Wildman–Crippen LogP) is 3.45. The molecule has 2 saturated heterocycles. The Morgan fingerprint density at radius 2 is 1.62 bits per heavy atom. The number of carbonyl (C=O) groups is 2. The molecule has 2 aromatic carbocycles. The normalized spacial score (nSPS) is 23.6. The second-order valence-corrected chi connectivity index (χ2v) is 10.1. The first-order valence-corrected chi connectivity index (χ1v) is 12.8. The van der Waals surface area contributed by atoms with E-state index in [9.17, 15) is 9.59 Å². The average molecular weight is 460 g/mol. The highest BCUT2D eigenvalue weighted by molar-refractivity contribution is 5.98. The van der Waals surface area contributed by atoms with Crippen molar-refractivity contribution in [3.8, 4) is 11.1 Å². The van der Waals surface area contributed by atoms with Crippen molar-refractivity contribution in [3.63, 3.8) is 0 Å². The second kappa shape index (κ2) is 9.16. The molecular formula is C28H33N3O3. The van der Waals surface area contributed by atoms with Gasteiger partial charge in [-0.2, -0.15) is 0 Å². The summed E-state index contributed by atoms with van der Waals surface area (Å²) < 4.78 is 5.35. The van der Waals surface area contributed by atoms with E-state index in [1.165, 1.54) is 19.3 Å². The van der Waals surface area contributed by atoms with E-state index in [1.54, 1.807) is 0 Å². The van der Waals surface area contributed by atoms with Gasteiger partial charge in [0, 0.05) is 55.9 Å². The fourth-order valence-corrected chi connectivity index (χ4v) is 5.89. The van der Waals surface area contributed by atoms with Crippen molar-refractivity contribution in [1.82, 2.24) is 14.7 Å². The quantitative estimate of drug-likeness (QED) is 0.703. The summed E-state index contributed by atoms with van der Waals surface area (Å²) >= 11 is 0. The van der Waals surface area contributed by atoms with E-state index in [4.69, 9.17) is 4.74 Å². The molecule has 6 nitrogen and oxygen atoms in total. The summed E-state index contributed by atoms with van der Waals surface area (Å²) in [7, 11) is 0. The molecule has 0 N–H and O–H groups in total. The molecule has 34 heavy (non-hydrogen) atoms. The molecule has 2 amide bonds. The molecule has 1 aliphatic carbocycles. The number of carbonyl (C=O) groups excluding carboxylic acids is 2. The fourth-order valence-electron chi connectivity index (χ4n) is 5.89. The lowest BCUT2D eigenvalue weighted by atomic mass is 9.92. The lowest BCUT2D eigenvalue weighted by molar-refractivity contribution is 0.0303. The molecule has 2 aromatic rings. The molecular weight excluding hydrogens is 426 g/mol. The van der Waals surface area contributed by atoms with Crippen LogP contribution in [0.15, 0.2) is 42.5 Å². The minimum atomic E-state index is 0.0637. The van der Waals surface area contributed by atoms with Gasteiger partial charge in [0.05, 0.1) is 13.2 Å². The number of morpholine rings is 1. The predicted molar refractivity (Wildman–Crippen MR) is 131 cm³/mol. The molecule has 1 unspecified atom stereocenters. The Balaban J connectivity index is 1.14. The lowest BCUT2D eigenvalue weighted by Crippen LogP contribution is -2.47. The number of likely N-dealkylation sites (tertiary alicyclic amines) is 1. The van der Waals surface area contributed by atoms with E-state index >= 15 is 0 Å². The molecule has 6 heteroatoms. The number of ether oxygens (including phenoxy) is 1. The molecule has 1 atom stereocenters. The Bertz CT molecular complexity index is 1070. The third kappa shape index (κ3) is 4.03. The summed E-state index contributed by atoms with van der Waals surface area (Å²) in [6.07, 6.45) is 6.02. The van der Waals surface area contributed by atoms with Gasteiger partial charge in [-0.3, -0.25) is 14.5 Å². The van der Waals surface area contributed by atoms with Crippen LogP contribution < -0.4 is 0 Å². The van der Waals surface area contributed by atoms with Crippen LogP contribution in [0.25, 0.3) is 11.1 Å². The summed E-state index contributed by atoms with van der Waals surface area (Å²) in [4.78, 5) is 32.6. The van der Waals surface area contributed by atoms with Crippen LogP contribution in [0.4, 0.5) is 0 Å². The minimum absolute atomic E-state index is 0.0637. The number of benzene rings is 2. The van der Waals surface area contributed by atoms with Crippen LogP contribution in [-0.4, -0.2) is 84.5 Å². The zero-order valence-electron chi connectivity index (χ0n) is 19.7. The van der Waals surface area contributed by atoms with E-state index in [0.29, 0.717) is 37.9 Å². The maximum Gasteiger partial charge on any atom is 0.254 e. The number of hydrogen-bond donors (Lipinski definition) is 0. The van der Waals surface area contributed by atoms with Crippen molar-refractivity contribution < 1.29 is 14.3 Å². The van der Waals surface area contributed by atoms with E-state index in [1.807, 2.05) is 41.3 Å². The third-order valence-corrected chi connectivity index (χ3v) is 8.21. The number of amides is 2. The van der Waals surface area contributed by atoms with E-state index in [-0.39, 0.29) is 11.8 Å². The molecule has 0 bridgehead atoms. The van der Waals surface area contributed by atoms with Crippen molar-refractivity contribution in [2.24, 2.45) is 0 Å². The SMILES string of the molecule is O=C(c1ccc(-c2ccc3c(c2)CCN(C2CCN(C4CCC4)C2)C3=O)cc1)N1CCOCC1. The molecule has 3 fully saturated rings. The first-order valence-electron chi connectivity index (χ1n) is 12.8.